The largest absolute Gasteiger partial charge is 0.317 e. The third kappa shape index (κ3) is 4.38. The predicted octanol–water partition coefficient (Wildman–Crippen LogP) is 2.88. The van der Waals surface area contributed by atoms with Gasteiger partial charge >= 0.3 is 0 Å². The van der Waals surface area contributed by atoms with Gasteiger partial charge in [-0.3, -0.25) is 0 Å². The lowest BCUT2D eigenvalue weighted by atomic mass is 10.0. The number of halogens is 1. The van der Waals surface area contributed by atoms with Gasteiger partial charge in [0.15, 0.2) is 0 Å². The fraction of sp³-hybridized carbons (Fsp3) is 0.385. The van der Waals surface area contributed by atoms with E-state index in [1.54, 1.807) is 0 Å². The first-order valence-electron chi connectivity index (χ1n) is 5.11. The van der Waals surface area contributed by atoms with Crippen LogP contribution in [0.1, 0.15) is 18.4 Å². The molecule has 0 aliphatic heterocycles. The summed E-state index contributed by atoms with van der Waals surface area (Å²) in [6.07, 6.45) is 8.03. The molecule has 15 heavy (non-hydrogen) atoms. The van der Waals surface area contributed by atoms with Gasteiger partial charge in [0.05, 0.1) is 0 Å². The number of rotatable bonds is 5. The lowest BCUT2D eigenvalue weighted by molar-refractivity contribution is 0.528. The third-order valence-electron chi connectivity index (χ3n) is 2.42. The zero-order valence-electron chi connectivity index (χ0n) is 8.96. The Labute approximate surface area is 96.8 Å². The summed E-state index contributed by atoms with van der Waals surface area (Å²) in [5.41, 5.74) is 1.25. The second kappa shape index (κ2) is 6.50. The van der Waals surface area contributed by atoms with Gasteiger partial charge in [-0.1, -0.05) is 23.7 Å². The molecule has 0 spiro atoms. The van der Waals surface area contributed by atoms with Crippen LogP contribution in [-0.4, -0.2) is 13.1 Å². The molecule has 2 heteroatoms. The molecule has 80 valence electrons. The molecule has 0 fully saturated rings. The van der Waals surface area contributed by atoms with E-state index >= 15 is 0 Å². The lowest BCUT2D eigenvalue weighted by Gasteiger charge is -2.14. The highest BCUT2D eigenvalue weighted by Crippen LogP contribution is 2.13. The van der Waals surface area contributed by atoms with Gasteiger partial charge in [0.25, 0.3) is 0 Å². The minimum atomic E-state index is 0.430. The molecule has 0 bridgehead atoms. The zero-order valence-corrected chi connectivity index (χ0v) is 9.72. The Kier molecular flexibility index (Phi) is 5.25. The Morgan fingerprint density at radius 3 is 2.93 bits per heavy atom. The van der Waals surface area contributed by atoms with Crippen LogP contribution in [0.5, 0.6) is 0 Å². The van der Waals surface area contributed by atoms with Gasteiger partial charge in [-0.05, 0) is 37.6 Å². The van der Waals surface area contributed by atoms with Gasteiger partial charge in [-0.15, -0.1) is 12.3 Å². The zero-order chi connectivity index (χ0) is 11.1. The molecule has 0 saturated heterocycles. The van der Waals surface area contributed by atoms with Crippen LogP contribution in [0.4, 0.5) is 0 Å². The molecule has 0 aliphatic rings. The van der Waals surface area contributed by atoms with Gasteiger partial charge in [0, 0.05) is 17.5 Å². The summed E-state index contributed by atoms with van der Waals surface area (Å²) in [6.45, 7) is 0. The average molecular weight is 222 g/mol. The van der Waals surface area contributed by atoms with Crippen LogP contribution >= 0.6 is 11.6 Å². The number of benzene rings is 1. The molecule has 0 aliphatic carbocycles. The van der Waals surface area contributed by atoms with Gasteiger partial charge < -0.3 is 5.32 Å². The molecule has 0 radical (unpaired) electrons. The van der Waals surface area contributed by atoms with Crippen LogP contribution in [0.25, 0.3) is 0 Å². The highest BCUT2D eigenvalue weighted by molar-refractivity contribution is 6.30. The second-order valence-electron chi connectivity index (χ2n) is 3.56. The first-order chi connectivity index (χ1) is 7.26. The molecular formula is C13H16ClN. The van der Waals surface area contributed by atoms with Crippen molar-refractivity contribution < 1.29 is 0 Å². The molecule has 1 nitrogen and oxygen atoms in total. The number of terminal acetylenes is 1. The van der Waals surface area contributed by atoms with Crippen molar-refractivity contribution in [3.8, 4) is 12.3 Å². The lowest BCUT2D eigenvalue weighted by Crippen LogP contribution is -2.27. The van der Waals surface area contributed by atoms with Crippen molar-refractivity contribution in [2.75, 3.05) is 7.05 Å². The number of hydrogen-bond donors (Lipinski definition) is 1. The van der Waals surface area contributed by atoms with E-state index in [1.165, 1.54) is 5.56 Å². The molecule has 0 heterocycles. The molecule has 1 unspecified atom stereocenters. The van der Waals surface area contributed by atoms with Crippen LogP contribution in [0.3, 0.4) is 0 Å². The minimum Gasteiger partial charge on any atom is -0.317 e. The van der Waals surface area contributed by atoms with Crippen molar-refractivity contribution in [2.45, 2.75) is 25.3 Å². The summed E-state index contributed by atoms with van der Waals surface area (Å²) in [5.74, 6) is 2.66. The smallest absolute Gasteiger partial charge is 0.0408 e. The van der Waals surface area contributed by atoms with E-state index in [2.05, 4.69) is 17.3 Å². The summed E-state index contributed by atoms with van der Waals surface area (Å²) in [7, 11) is 1.96. The highest BCUT2D eigenvalue weighted by Gasteiger charge is 2.06. The van der Waals surface area contributed by atoms with Crippen LogP contribution < -0.4 is 5.32 Å². The average Bonchev–Trinajstić information content (AvgIpc) is 2.24. The van der Waals surface area contributed by atoms with E-state index < -0.39 is 0 Å². The maximum Gasteiger partial charge on any atom is 0.0408 e. The van der Waals surface area contributed by atoms with Crippen LogP contribution in [0.2, 0.25) is 5.02 Å². The van der Waals surface area contributed by atoms with Crippen molar-refractivity contribution >= 4 is 11.6 Å². The number of likely N-dealkylation sites (N-methyl/N-ethyl adjacent to an activating group) is 1. The quantitative estimate of drug-likeness (QED) is 0.754. The van der Waals surface area contributed by atoms with Crippen LogP contribution in [-0.2, 0) is 6.42 Å². The number of nitrogens with one attached hydrogen (secondary N) is 1. The minimum absolute atomic E-state index is 0.430. The van der Waals surface area contributed by atoms with E-state index in [-0.39, 0.29) is 0 Å². The van der Waals surface area contributed by atoms with Gasteiger partial charge in [-0.25, -0.2) is 0 Å². The monoisotopic (exact) mass is 221 g/mol. The summed E-state index contributed by atoms with van der Waals surface area (Å²) < 4.78 is 0. The van der Waals surface area contributed by atoms with E-state index in [0.717, 1.165) is 24.3 Å². The van der Waals surface area contributed by atoms with Gasteiger partial charge in [0.2, 0.25) is 0 Å². The molecule has 0 saturated carbocycles. The van der Waals surface area contributed by atoms with E-state index in [0.29, 0.717) is 6.04 Å². The van der Waals surface area contributed by atoms with Crippen molar-refractivity contribution in [3.05, 3.63) is 34.9 Å². The topological polar surface area (TPSA) is 12.0 Å². The summed E-state index contributed by atoms with van der Waals surface area (Å²) in [4.78, 5) is 0. The Hall–Kier alpha value is -0.970. The Morgan fingerprint density at radius 1 is 1.53 bits per heavy atom. The first kappa shape index (κ1) is 12.1. The van der Waals surface area contributed by atoms with E-state index in [9.17, 15) is 0 Å². The maximum absolute atomic E-state index is 5.92. The normalized spacial score (nSPS) is 12.1. The fourth-order valence-electron chi connectivity index (χ4n) is 1.55. The molecule has 1 aromatic rings. The molecule has 1 N–H and O–H groups in total. The van der Waals surface area contributed by atoms with Crippen LogP contribution in [0, 0.1) is 12.3 Å². The fourth-order valence-corrected chi connectivity index (χ4v) is 1.77. The molecule has 1 rings (SSSR count). The van der Waals surface area contributed by atoms with Crippen molar-refractivity contribution in [1.29, 1.82) is 0 Å². The first-order valence-corrected chi connectivity index (χ1v) is 5.49. The van der Waals surface area contributed by atoms with E-state index in [4.69, 9.17) is 18.0 Å². The van der Waals surface area contributed by atoms with Crippen LogP contribution in [0.15, 0.2) is 24.3 Å². The summed E-state index contributed by atoms with van der Waals surface area (Å²) in [5, 5.41) is 4.06. The highest BCUT2D eigenvalue weighted by atomic mass is 35.5. The number of hydrogen-bond acceptors (Lipinski definition) is 1. The second-order valence-corrected chi connectivity index (χ2v) is 4.00. The Balaban J connectivity index is 2.55. The molecule has 0 aromatic heterocycles. The summed E-state index contributed by atoms with van der Waals surface area (Å²) >= 11 is 5.92. The molecule has 1 atom stereocenters. The van der Waals surface area contributed by atoms with Crippen molar-refractivity contribution in [3.63, 3.8) is 0 Å². The van der Waals surface area contributed by atoms with Crippen molar-refractivity contribution in [2.24, 2.45) is 0 Å². The summed E-state index contributed by atoms with van der Waals surface area (Å²) in [6, 6.07) is 8.39. The Bertz CT molecular complexity index is 341. The SMILES string of the molecule is C#CCCC(Cc1cccc(Cl)c1)NC. The van der Waals surface area contributed by atoms with Crippen molar-refractivity contribution in [1.82, 2.24) is 5.32 Å². The molecule has 1 aromatic carbocycles. The van der Waals surface area contributed by atoms with Gasteiger partial charge in [-0.2, -0.15) is 0 Å². The molecule has 0 amide bonds. The molecular weight excluding hydrogens is 206 g/mol. The third-order valence-corrected chi connectivity index (χ3v) is 2.65. The van der Waals surface area contributed by atoms with E-state index in [1.807, 2.05) is 25.2 Å². The van der Waals surface area contributed by atoms with Gasteiger partial charge in [0.1, 0.15) is 0 Å². The standard InChI is InChI=1S/C13H16ClN/c1-3-4-8-13(15-2)10-11-6-5-7-12(14)9-11/h1,5-7,9,13,15H,4,8,10H2,2H3. The predicted molar refractivity (Wildman–Crippen MR) is 66.1 cm³/mol. The Morgan fingerprint density at radius 2 is 2.33 bits per heavy atom. The maximum atomic E-state index is 5.92.